The molecule has 4 N–H and O–H groups in total. The zero-order valence-corrected chi connectivity index (χ0v) is 9.26. The Kier molecular flexibility index (Phi) is 3.26. The van der Waals surface area contributed by atoms with Crippen molar-refractivity contribution in [3.05, 3.63) is 17.2 Å². The van der Waals surface area contributed by atoms with Gasteiger partial charge >= 0.3 is 5.97 Å². The number of rotatable bonds is 3. The number of carbonyl (C=O) groups is 2. The Morgan fingerprint density at radius 3 is 2.06 bits per heavy atom. The summed E-state index contributed by atoms with van der Waals surface area (Å²) in [6, 6.07) is 0.685. The van der Waals surface area contributed by atoms with E-state index in [1.807, 2.05) is 0 Å². The predicted molar refractivity (Wildman–Crippen MR) is 57.6 cm³/mol. The van der Waals surface area contributed by atoms with Gasteiger partial charge in [-0.2, -0.15) is 0 Å². The summed E-state index contributed by atoms with van der Waals surface area (Å²) in [6.07, 6.45) is 0. The van der Waals surface area contributed by atoms with Crippen LogP contribution in [0.25, 0.3) is 0 Å². The van der Waals surface area contributed by atoms with Crippen LogP contribution in [-0.2, 0) is 0 Å². The number of hydrogen-bond donors (Lipinski definition) is 4. The number of hydrogen-bond acceptors (Lipinski definition) is 5. The van der Waals surface area contributed by atoms with E-state index in [0.717, 1.165) is 0 Å². The van der Waals surface area contributed by atoms with Gasteiger partial charge in [-0.3, -0.25) is 4.79 Å². The van der Waals surface area contributed by atoms with Gasteiger partial charge in [-0.1, -0.05) is 13.8 Å². The number of carboxylic acids is 1. The zero-order valence-electron chi connectivity index (χ0n) is 9.26. The predicted octanol–water partition coefficient (Wildman–Crippen LogP) is 1.34. The molecule has 0 atom stereocenters. The maximum Gasteiger partial charge on any atom is 0.339 e. The van der Waals surface area contributed by atoms with Crippen molar-refractivity contribution in [2.45, 2.75) is 13.8 Å². The Morgan fingerprint density at radius 1 is 1.12 bits per heavy atom. The molecule has 92 valence electrons. The van der Waals surface area contributed by atoms with Crippen LogP contribution in [0.15, 0.2) is 6.07 Å². The molecule has 0 saturated carbocycles. The van der Waals surface area contributed by atoms with Crippen LogP contribution in [0.1, 0.15) is 34.6 Å². The monoisotopic (exact) mass is 240 g/mol. The van der Waals surface area contributed by atoms with Gasteiger partial charge in [0.2, 0.25) is 0 Å². The minimum absolute atomic E-state index is 0.560. The summed E-state index contributed by atoms with van der Waals surface area (Å²) in [5.41, 5.74) is -1.21. The Morgan fingerprint density at radius 2 is 1.65 bits per heavy atom. The van der Waals surface area contributed by atoms with E-state index in [0.29, 0.717) is 6.07 Å². The number of aromatic hydroxyl groups is 3. The van der Waals surface area contributed by atoms with Crippen molar-refractivity contribution in [1.82, 2.24) is 0 Å². The minimum atomic E-state index is -1.50. The van der Waals surface area contributed by atoms with Crippen molar-refractivity contribution in [3.8, 4) is 17.2 Å². The third-order valence-corrected chi connectivity index (χ3v) is 2.25. The van der Waals surface area contributed by atoms with E-state index in [-0.39, 0.29) is 0 Å². The second-order valence-corrected chi connectivity index (χ2v) is 3.84. The Labute approximate surface area is 96.8 Å². The quantitative estimate of drug-likeness (QED) is 0.360. The average Bonchev–Trinajstić information content (AvgIpc) is 2.22. The van der Waals surface area contributed by atoms with Crippen molar-refractivity contribution >= 4 is 11.8 Å². The molecule has 0 heterocycles. The van der Waals surface area contributed by atoms with Crippen molar-refractivity contribution in [2.24, 2.45) is 5.92 Å². The van der Waals surface area contributed by atoms with Crippen LogP contribution >= 0.6 is 0 Å². The Balaban J connectivity index is 3.58. The van der Waals surface area contributed by atoms with Crippen LogP contribution in [-0.4, -0.2) is 32.2 Å². The van der Waals surface area contributed by atoms with Crippen LogP contribution in [0.2, 0.25) is 0 Å². The molecule has 1 rings (SSSR count). The number of Topliss-reactive ketones (excluding diaryl/α,β-unsaturated/α-hetero) is 1. The van der Waals surface area contributed by atoms with Gasteiger partial charge in [-0.05, 0) is 0 Å². The topological polar surface area (TPSA) is 115 Å². The van der Waals surface area contributed by atoms with E-state index in [1.54, 1.807) is 0 Å². The fourth-order valence-corrected chi connectivity index (χ4v) is 1.33. The summed E-state index contributed by atoms with van der Waals surface area (Å²) in [5, 5.41) is 37.2. The Hall–Kier alpha value is -2.24. The van der Waals surface area contributed by atoms with Crippen LogP contribution in [0.4, 0.5) is 0 Å². The van der Waals surface area contributed by atoms with E-state index >= 15 is 0 Å². The summed E-state index contributed by atoms with van der Waals surface area (Å²) in [5.74, 6) is -5.13. The van der Waals surface area contributed by atoms with Crippen LogP contribution in [0.3, 0.4) is 0 Å². The number of aromatic carboxylic acids is 1. The molecule has 17 heavy (non-hydrogen) atoms. The molecule has 0 fully saturated rings. The van der Waals surface area contributed by atoms with E-state index in [9.17, 15) is 24.9 Å². The smallest absolute Gasteiger partial charge is 0.339 e. The lowest BCUT2D eigenvalue weighted by atomic mass is 9.96. The summed E-state index contributed by atoms with van der Waals surface area (Å²) < 4.78 is 0. The lowest BCUT2D eigenvalue weighted by molar-refractivity contribution is 0.0693. The summed E-state index contributed by atoms with van der Waals surface area (Å²) >= 11 is 0. The fraction of sp³-hybridized carbons (Fsp3) is 0.273. The molecule has 0 saturated heterocycles. The van der Waals surface area contributed by atoms with Gasteiger partial charge in [0.1, 0.15) is 16.9 Å². The van der Waals surface area contributed by atoms with Gasteiger partial charge in [-0.15, -0.1) is 0 Å². The minimum Gasteiger partial charge on any atom is -0.506 e. The van der Waals surface area contributed by atoms with Gasteiger partial charge in [-0.25, -0.2) is 4.79 Å². The van der Waals surface area contributed by atoms with E-state index in [1.165, 1.54) is 13.8 Å². The third-order valence-electron chi connectivity index (χ3n) is 2.25. The molecule has 0 spiro atoms. The maximum atomic E-state index is 11.7. The standard InChI is InChI=1S/C11H12O6/c1-4(2)8(13)7-9(14)5(11(16)17)3-6(12)10(7)15/h3-4,12,14-15H,1-2H3,(H,16,17). The molecule has 0 bridgehead atoms. The van der Waals surface area contributed by atoms with Crippen LogP contribution in [0, 0.1) is 5.92 Å². The molecule has 0 aliphatic rings. The second kappa shape index (κ2) is 4.32. The first kappa shape index (κ1) is 12.8. The largest absolute Gasteiger partial charge is 0.506 e. The molecule has 6 nitrogen and oxygen atoms in total. The molecule has 0 radical (unpaired) electrons. The van der Waals surface area contributed by atoms with Crippen molar-refractivity contribution in [3.63, 3.8) is 0 Å². The van der Waals surface area contributed by atoms with Crippen molar-refractivity contribution < 1.29 is 30.0 Å². The number of phenols is 3. The van der Waals surface area contributed by atoms with Gasteiger partial charge in [0, 0.05) is 12.0 Å². The van der Waals surface area contributed by atoms with Gasteiger partial charge in [0.25, 0.3) is 0 Å². The molecular formula is C11H12O6. The Bertz CT molecular complexity index is 489. The normalized spacial score (nSPS) is 10.5. The molecule has 1 aromatic carbocycles. The fourth-order valence-electron chi connectivity index (χ4n) is 1.33. The average molecular weight is 240 g/mol. The van der Waals surface area contributed by atoms with Crippen molar-refractivity contribution in [2.75, 3.05) is 0 Å². The van der Waals surface area contributed by atoms with Crippen LogP contribution < -0.4 is 0 Å². The maximum absolute atomic E-state index is 11.7. The molecule has 1 aromatic rings. The van der Waals surface area contributed by atoms with Gasteiger partial charge in [0.05, 0.1) is 0 Å². The van der Waals surface area contributed by atoms with E-state index in [4.69, 9.17) is 5.11 Å². The molecule has 0 aliphatic heterocycles. The first-order chi connectivity index (χ1) is 7.77. The number of phenolic OH excluding ortho intramolecular Hbond substituents is 2. The zero-order chi connectivity index (χ0) is 13.3. The first-order valence-corrected chi connectivity index (χ1v) is 4.82. The van der Waals surface area contributed by atoms with Gasteiger partial charge < -0.3 is 20.4 Å². The number of carbonyl (C=O) groups excluding carboxylic acids is 1. The van der Waals surface area contributed by atoms with Crippen molar-refractivity contribution in [1.29, 1.82) is 0 Å². The highest BCUT2D eigenvalue weighted by Gasteiger charge is 2.26. The lowest BCUT2D eigenvalue weighted by Crippen LogP contribution is -2.10. The summed E-state index contributed by atoms with van der Waals surface area (Å²) in [6.45, 7) is 3.04. The molecule has 0 unspecified atom stereocenters. The third kappa shape index (κ3) is 2.15. The molecule has 0 amide bonds. The lowest BCUT2D eigenvalue weighted by Gasteiger charge is -2.12. The SMILES string of the molecule is CC(C)C(=O)c1c(O)c(O)cc(C(=O)O)c1O. The summed E-state index contributed by atoms with van der Waals surface area (Å²) in [4.78, 5) is 22.5. The molecule has 0 aliphatic carbocycles. The first-order valence-electron chi connectivity index (χ1n) is 4.82. The van der Waals surface area contributed by atoms with Gasteiger partial charge in [0.15, 0.2) is 17.3 Å². The molecule has 0 aromatic heterocycles. The molecular weight excluding hydrogens is 228 g/mol. The van der Waals surface area contributed by atoms with E-state index < -0.39 is 46.0 Å². The summed E-state index contributed by atoms with van der Waals surface area (Å²) in [7, 11) is 0. The molecule has 6 heteroatoms. The highest BCUT2D eigenvalue weighted by molar-refractivity contribution is 6.06. The second-order valence-electron chi connectivity index (χ2n) is 3.84. The van der Waals surface area contributed by atoms with Crippen LogP contribution in [0.5, 0.6) is 17.2 Å². The number of carboxylic acid groups (broad SMARTS) is 1. The van der Waals surface area contributed by atoms with E-state index in [2.05, 4.69) is 0 Å². The number of ketones is 1. The highest BCUT2D eigenvalue weighted by atomic mass is 16.4. The number of benzene rings is 1. The highest BCUT2D eigenvalue weighted by Crippen LogP contribution is 2.39.